The summed E-state index contributed by atoms with van der Waals surface area (Å²) in [6.07, 6.45) is 1.57. The highest BCUT2D eigenvalue weighted by molar-refractivity contribution is 6.31. The summed E-state index contributed by atoms with van der Waals surface area (Å²) in [5, 5.41) is 19.2. The number of aromatic nitrogens is 5. The maximum atomic E-state index is 6.05. The van der Waals surface area contributed by atoms with Crippen LogP contribution in [0.25, 0.3) is 11.4 Å². The first kappa shape index (κ1) is 15.4. The minimum absolute atomic E-state index is 0.383. The normalized spacial score (nSPS) is 11.0. The molecule has 0 saturated heterocycles. The molecule has 0 atom stereocenters. The van der Waals surface area contributed by atoms with Gasteiger partial charge < -0.3 is 5.32 Å². The number of nitrogens with one attached hydrogen (secondary N) is 2. The average Bonchev–Trinajstić information content (AvgIpc) is 2.99. The van der Waals surface area contributed by atoms with E-state index >= 15 is 0 Å². The second kappa shape index (κ2) is 6.34. The van der Waals surface area contributed by atoms with E-state index in [4.69, 9.17) is 11.6 Å². The van der Waals surface area contributed by atoms with Gasteiger partial charge in [0.1, 0.15) is 0 Å². The van der Waals surface area contributed by atoms with Gasteiger partial charge in [-0.15, -0.1) is 5.10 Å². The van der Waals surface area contributed by atoms with Crippen LogP contribution in [0.3, 0.4) is 0 Å². The van der Waals surface area contributed by atoms with Crippen LogP contribution in [0.1, 0.15) is 31.0 Å². The SMILES string of the molecule is Cc1cc(-c2nncc(Nc3cc(C(C)C)[nH]n3)n2)ccc1Cl. The van der Waals surface area contributed by atoms with Crippen molar-refractivity contribution in [2.24, 2.45) is 0 Å². The Morgan fingerprint density at radius 1 is 1.17 bits per heavy atom. The highest BCUT2D eigenvalue weighted by Crippen LogP contribution is 2.23. The molecule has 3 rings (SSSR count). The number of anilines is 2. The number of halogens is 1. The summed E-state index contributed by atoms with van der Waals surface area (Å²) in [7, 11) is 0. The smallest absolute Gasteiger partial charge is 0.183 e. The van der Waals surface area contributed by atoms with Gasteiger partial charge in [0, 0.05) is 22.3 Å². The van der Waals surface area contributed by atoms with Crippen LogP contribution in [0.15, 0.2) is 30.5 Å². The maximum absolute atomic E-state index is 6.05. The second-order valence-electron chi connectivity index (χ2n) is 5.62. The van der Waals surface area contributed by atoms with Gasteiger partial charge in [-0.2, -0.15) is 10.2 Å². The molecule has 0 aliphatic heterocycles. The number of rotatable bonds is 4. The number of hydrogen-bond acceptors (Lipinski definition) is 5. The number of aryl methyl sites for hydroxylation is 1. The zero-order valence-corrected chi connectivity index (χ0v) is 13.9. The molecule has 0 spiro atoms. The van der Waals surface area contributed by atoms with Crippen molar-refractivity contribution in [2.45, 2.75) is 26.7 Å². The minimum atomic E-state index is 0.383. The Hall–Kier alpha value is -2.47. The first-order chi connectivity index (χ1) is 11.0. The van der Waals surface area contributed by atoms with E-state index in [1.165, 1.54) is 0 Å². The van der Waals surface area contributed by atoms with Crippen LogP contribution < -0.4 is 5.32 Å². The zero-order chi connectivity index (χ0) is 16.4. The maximum Gasteiger partial charge on any atom is 0.183 e. The van der Waals surface area contributed by atoms with Crippen LogP contribution in [-0.4, -0.2) is 25.4 Å². The Bertz CT molecular complexity index is 827. The first-order valence-corrected chi connectivity index (χ1v) is 7.69. The molecular weight excluding hydrogens is 312 g/mol. The molecule has 3 aromatic rings. The Balaban J connectivity index is 1.85. The topological polar surface area (TPSA) is 79.4 Å². The third-order valence-electron chi connectivity index (χ3n) is 3.45. The van der Waals surface area contributed by atoms with Crippen molar-refractivity contribution < 1.29 is 0 Å². The summed E-state index contributed by atoms with van der Waals surface area (Å²) in [6, 6.07) is 7.60. The van der Waals surface area contributed by atoms with Crippen LogP contribution >= 0.6 is 11.6 Å². The zero-order valence-electron chi connectivity index (χ0n) is 13.1. The average molecular weight is 329 g/mol. The number of nitrogens with zero attached hydrogens (tertiary/aromatic N) is 4. The van der Waals surface area contributed by atoms with Crippen LogP contribution in [0, 0.1) is 6.92 Å². The predicted octanol–water partition coefficient (Wildman–Crippen LogP) is 4.09. The lowest BCUT2D eigenvalue weighted by molar-refractivity contribution is 0.811. The van der Waals surface area contributed by atoms with Gasteiger partial charge in [-0.3, -0.25) is 5.10 Å². The summed E-state index contributed by atoms with van der Waals surface area (Å²) < 4.78 is 0. The molecule has 0 bridgehead atoms. The number of hydrogen-bond donors (Lipinski definition) is 2. The number of H-pyrrole nitrogens is 1. The van der Waals surface area contributed by atoms with Crippen LogP contribution in [0.5, 0.6) is 0 Å². The Labute approximate surface area is 139 Å². The standard InChI is InChI=1S/C16H17ClN6/c1-9(2)13-7-14(22-21-13)19-15-8-18-23-16(20-15)11-4-5-12(17)10(3)6-11/h4-9H,1-3H3,(H2,19,20,21,22,23). The lowest BCUT2D eigenvalue weighted by Crippen LogP contribution is -1.99. The molecule has 118 valence electrons. The molecule has 1 aromatic carbocycles. The van der Waals surface area contributed by atoms with Crippen LogP contribution in [0.2, 0.25) is 5.02 Å². The molecule has 2 N–H and O–H groups in total. The van der Waals surface area contributed by atoms with E-state index in [-0.39, 0.29) is 0 Å². The molecule has 6 nitrogen and oxygen atoms in total. The Morgan fingerprint density at radius 3 is 2.70 bits per heavy atom. The molecular formula is C16H17ClN6. The lowest BCUT2D eigenvalue weighted by atomic mass is 10.1. The molecule has 0 amide bonds. The molecule has 0 fully saturated rings. The van der Waals surface area contributed by atoms with Gasteiger partial charge in [0.15, 0.2) is 17.5 Å². The highest BCUT2D eigenvalue weighted by Gasteiger charge is 2.08. The fourth-order valence-corrected chi connectivity index (χ4v) is 2.22. The van der Waals surface area contributed by atoms with Crippen molar-refractivity contribution in [1.29, 1.82) is 0 Å². The molecule has 0 unspecified atom stereocenters. The molecule has 2 heterocycles. The van der Waals surface area contributed by atoms with Crippen molar-refractivity contribution in [2.75, 3.05) is 5.32 Å². The van der Waals surface area contributed by atoms with Gasteiger partial charge in [0.25, 0.3) is 0 Å². The van der Waals surface area contributed by atoms with Gasteiger partial charge in [-0.25, -0.2) is 4.98 Å². The van der Waals surface area contributed by atoms with Crippen LogP contribution in [-0.2, 0) is 0 Å². The fraction of sp³-hybridized carbons (Fsp3) is 0.250. The Morgan fingerprint density at radius 2 is 2.00 bits per heavy atom. The van der Waals surface area contributed by atoms with E-state index in [1.54, 1.807) is 6.20 Å². The summed E-state index contributed by atoms with van der Waals surface area (Å²) >= 11 is 6.05. The fourth-order valence-electron chi connectivity index (χ4n) is 2.10. The van der Waals surface area contributed by atoms with Gasteiger partial charge in [0.2, 0.25) is 0 Å². The Kier molecular flexibility index (Phi) is 4.25. The molecule has 7 heteroatoms. The van der Waals surface area contributed by atoms with Crippen molar-refractivity contribution in [3.63, 3.8) is 0 Å². The molecule has 0 aliphatic rings. The monoisotopic (exact) mass is 328 g/mol. The molecule has 0 saturated carbocycles. The van der Waals surface area contributed by atoms with E-state index in [2.05, 4.69) is 44.5 Å². The first-order valence-electron chi connectivity index (χ1n) is 7.31. The number of aromatic amines is 1. The summed E-state index contributed by atoms with van der Waals surface area (Å²) in [5.41, 5.74) is 2.90. The summed E-state index contributed by atoms with van der Waals surface area (Å²) in [5.74, 6) is 2.21. The molecule has 0 aliphatic carbocycles. The van der Waals surface area contributed by atoms with Gasteiger partial charge in [-0.05, 0) is 36.6 Å². The second-order valence-corrected chi connectivity index (χ2v) is 6.02. The highest BCUT2D eigenvalue weighted by atomic mass is 35.5. The van der Waals surface area contributed by atoms with Crippen LogP contribution in [0.4, 0.5) is 11.6 Å². The van der Waals surface area contributed by atoms with E-state index in [1.807, 2.05) is 31.2 Å². The molecule has 23 heavy (non-hydrogen) atoms. The van der Waals surface area contributed by atoms with E-state index < -0.39 is 0 Å². The molecule has 2 aromatic heterocycles. The van der Waals surface area contributed by atoms with E-state index in [0.29, 0.717) is 28.4 Å². The minimum Gasteiger partial charge on any atom is -0.322 e. The van der Waals surface area contributed by atoms with Crippen molar-refractivity contribution in [1.82, 2.24) is 25.4 Å². The van der Waals surface area contributed by atoms with Crippen molar-refractivity contribution in [3.8, 4) is 11.4 Å². The lowest BCUT2D eigenvalue weighted by Gasteiger charge is -2.05. The van der Waals surface area contributed by atoms with Gasteiger partial charge in [0.05, 0.1) is 6.20 Å². The number of benzene rings is 1. The van der Waals surface area contributed by atoms with E-state index in [0.717, 1.165) is 16.8 Å². The summed E-state index contributed by atoms with van der Waals surface area (Å²) in [6.45, 7) is 6.15. The largest absolute Gasteiger partial charge is 0.322 e. The predicted molar refractivity (Wildman–Crippen MR) is 91.0 cm³/mol. The quantitative estimate of drug-likeness (QED) is 0.754. The van der Waals surface area contributed by atoms with Crippen molar-refractivity contribution in [3.05, 3.63) is 46.7 Å². The third-order valence-corrected chi connectivity index (χ3v) is 3.87. The van der Waals surface area contributed by atoms with Crippen molar-refractivity contribution >= 4 is 23.2 Å². The third kappa shape index (κ3) is 3.48. The van der Waals surface area contributed by atoms with Gasteiger partial charge in [-0.1, -0.05) is 25.4 Å². The summed E-state index contributed by atoms with van der Waals surface area (Å²) in [4.78, 5) is 4.48. The van der Waals surface area contributed by atoms with E-state index in [9.17, 15) is 0 Å². The van der Waals surface area contributed by atoms with Gasteiger partial charge >= 0.3 is 0 Å². The molecule has 0 radical (unpaired) electrons.